The number of hydrogen-bond donors (Lipinski definition) is 2. The molecule has 0 unspecified atom stereocenters. The number of rotatable bonds is 5. The van der Waals surface area contributed by atoms with Crippen molar-refractivity contribution in [2.45, 2.75) is 26.8 Å². The summed E-state index contributed by atoms with van der Waals surface area (Å²) < 4.78 is 1.78. The molecule has 0 atom stereocenters. The lowest BCUT2D eigenvalue weighted by atomic mass is 10.1. The van der Waals surface area contributed by atoms with E-state index in [9.17, 15) is 14.7 Å². The molecule has 0 saturated carbocycles. The maximum Gasteiger partial charge on any atom is 0.337 e. The second-order valence-corrected chi connectivity index (χ2v) is 5.34. The van der Waals surface area contributed by atoms with Gasteiger partial charge in [0.05, 0.1) is 22.7 Å². The van der Waals surface area contributed by atoms with Crippen molar-refractivity contribution in [3.8, 4) is 0 Å². The zero-order valence-corrected chi connectivity index (χ0v) is 13.1. The Balaban J connectivity index is 2.25. The molecular weight excluding hydrogens is 304 g/mol. The third-order valence-corrected chi connectivity index (χ3v) is 3.74. The Morgan fingerprint density at radius 2 is 2.00 bits per heavy atom. The molecule has 0 spiro atoms. The number of benzene rings is 1. The second kappa shape index (κ2) is 6.66. The van der Waals surface area contributed by atoms with Crippen molar-refractivity contribution >= 4 is 29.2 Å². The Labute approximate surface area is 133 Å². The Hall–Kier alpha value is -2.27. The van der Waals surface area contributed by atoms with Crippen LogP contribution < -0.4 is 5.32 Å². The SMILES string of the molecule is CCn1cc(C)c(C(=O)O)c1CC(=O)Nc1ccccc1Cl. The van der Waals surface area contributed by atoms with Crippen LogP contribution in [0, 0.1) is 6.92 Å². The van der Waals surface area contributed by atoms with Gasteiger partial charge in [0.25, 0.3) is 0 Å². The van der Waals surface area contributed by atoms with Crippen LogP contribution in [0.4, 0.5) is 5.69 Å². The van der Waals surface area contributed by atoms with E-state index in [1.807, 2.05) is 6.92 Å². The lowest BCUT2D eigenvalue weighted by Crippen LogP contribution is -2.19. The van der Waals surface area contributed by atoms with Crippen LogP contribution in [0.15, 0.2) is 30.5 Å². The molecule has 0 aliphatic heterocycles. The van der Waals surface area contributed by atoms with Gasteiger partial charge in [0.1, 0.15) is 0 Å². The minimum atomic E-state index is -1.02. The van der Waals surface area contributed by atoms with Crippen LogP contribution >= 0.6 is 11.6 Å². The topological polar surface area (TPSA) is 71.3 Å². The zero-order valence-electron chi connectivity index (χ0n) is 12.4. The summed E-state index contributed by atoms with van der Waals surface area (Å²) in [5, 5.41) is 12.5. The molecular formula is C16H17ClN2O3. The molecule has 22 heavy (non-hydrogen) atoms. The average molecular weight is 321 g/mol. The molecule has 6 heteroatoms. The van der Waals surface area contributed by atoms with Gasteiger partial charge in [-0.15, -0.1) is 0 Å². The standard InChI is InChI=1S/C16H17ClN2O3/c1-3-19-9-10(2)15(16(21)22)13(19)8-14(20)18-12-7-5-4-6-11(12)17/h4-7,9H,3,8H2,1-2H3,(H,18,20)(H,21,22). The number of halogens is 1. The van der Waals surface area contributed by atoms with Gasteiger partial charge in [-0.3, -0.25) is 4.79 Å². The van der Waals surface area contributed by atoms with Crippen LogP contribution in [0.3, 0.4) is 0 Å². The molecule has 0 bridgehead atoms. The van der Waals surface area contributed by atoms with Crippen LogP contribution in [0.2, 0.25) is 5.02 Å². The van der Waals surface area contributed by atoms with E-state index >= 15 is 0 Å². The van der Waals surface area contributed by atoms with Crippen molar-refractivity contribution < 1.29 is 14.7 Å². The van der Waals surface area contributed by atoms with Gasteiger partial charge in [-0.25, -0.2) is 4.79 Å². The molecule has 0 fully saturated rings. The van der Waals surface area contributed by atoms with Crippen molar-refractivity contribution in [1.29, 1.82) is 0 Å². The normalized spacial score (nSPS) is 10.5. The first-order valence-electron chi connectivity index (χ1n) is 6.90. The highest BCUT2D eigenvalue weighted by Gasteiger charge is 2.21. The number of nitrogens with one attached hydrogen (secondary N) is 1. The Kier molecular flexibility index (Phi) is 4.88. The number of nitrogens with zero attached hydrogens (tertiary/aromatic N) is 1. The summed E-state index contributed by atoms with van der Waals surface area (Å²) >= 11 is 6.00. The summed E-state index contributed by atoms with van der Waals surface area (Å²) in [6.45, 7) is 4.23. The van der Waals surface area contributed by atoms with Crippen molar-refractivity contribution in [3.05, 3.63) is 52.3 Å². The van der Waals surface area contributed by atoms with E-state index < -0.39 is 5.97 Å². The fraction of sp³-hybridized carbons (Fsp3) is 0.250. The van der Waals surface area contributed by atoms with Crippen LogP contribution in [0.25, 0.3) is 0 Å². The molecule has 0 aliphatic carbocycles. The minimum absolute atomic E-state index is 0.0193. The second-order valence-electron chi connectivity index (χ2n) is 4.93. The van der Waals surface area contributed by atoms with Crippen molar-refractivity contribution in [3.63, 3.8) is 0 Å². The minimum Gasteiger partial charge on any atom is -0.478 e. The first-order valence-corrected chi connectivity index (χ1v) is 7.28. The van der Waals surface area contributed by atoms with E-state index in [0.717, 1.165) is 0 Å². The third-order valence-electron chi connectivity index (χ3n) is 3.41. The van der Waals surface area contributed by atoms with Crippen LogP contribution in [-0.4, -0.2) is 21.6 Å². The van der Waals surface area contributed by atoms with Gasteiger partial charge in [0.15, 0.2) is 0 Å². The smallest absolute Gasteiger partial charge is 0.337 e. The molecule has 1 heterocycles. The lowest BCUT2D eigenvalue weighted by Gasteiger charge is -2.10. The van der Waals surface area contributed by atoms with E-state index in [1.165, 1.54) is 0 Å². The molecule has 1 aromatic heterocycles. The fourth-order valence-electron chi connectivity index (χ4n) is 2.42. The number of aromatic carboxylic acids is 1. The number of aryl methyl sites for hydroxylation is 2. The predicted molar refractivity (Wildman–Crippen MR) is 85.6 cm³/mol. The summed E-state index contributed by atoms with van der Waals surface area (Å²) in [5.41, 5.74) is 1.85. The molecule has 0 saturated heterocycles. The molecule has 1 aromatic carbocycles. The molecule has 1 amide bonds. The molecule has 0 aliphatic rings. The summed E-state index contributed by atoms with van der Waals surface area (Å²) in [6.07, 6.45) is 1.73. The Morgan fingerprint density at radius 1 is 1.32 bits per heavy atom. The molecule has 2 rings (SSSR count). The summed E-state index contributed by atoms with van der Waals surface area (Å²) in [7, 11) is 0. The van der Waals surface area contributed by atoms with Gasteiger partial charge in [-0.1, -0.05) is 23.7 Å². The first kappa shape index (κ1) is 16.1. The van der Waals surface area contributed by atoms with Crippen molar-refractivity contribution in [1.82, 2.24) is 4.57 Å². The van der Waals surface area contributed by atoms with E-state index in [1.54, 1.807) is 42.0 Å². The van der Waals surface area contributed by atoms with Gasteiger partial charge < -0.3 is 15.0 Å². The third kappa shape index (κ3) is 3.31. The highest BCUT2D eigenvalue weighted by molar-refractivity contribution is 6.33. The van der Waals surface area contributed by atoms with Gasteiger partial charge in [-0.05, 0) is 31.5 Å². The Morgan fingerprint density at radius 3 is 2.59 bits per heavy atom. The fourth-order valence-corrected chi connectivity index (χ4v) is 2.60. The van der Waals surface area contributed by atoms with Crippen molar-refractivity contribution in [2.75, 3.05) is 5.32 Å². The van der Waals surface area contributed by atoms with Gasteiger partial charge in [0, 0.05) is 18.4 Å². The van der Waals surface area contributed by atoms with E-state index in [4.69, 9.17) is 11.6 Å². The highest BCUT2D eigenvalue weighted by atomic mass is 35.5. The zero-order chi connectivity index (χ0) is 16.3. The lowest BCUT2D eigenvalue weighted by molar-refractivity contribution is -0.115. The predicted octanol–water partition coefficient (Wildman–Crippen LogP) is 3.35. The van der Waals surface area contributed by atoms with Crippen molar-refractivity contribution in [2.24, 2.45) is 0 Å². The monoisotopic (exact) mass is 320 g/mol. The van der Waals surface area contributed by atoms with E-state index in [2.05, 4.69) is 5.32 Å². The maximum absolute atomic E-state index is 12.2. The quantitative estimate of drug-likeness (QED) is 0.887. The van der Waals surface area contributed by atoms with Gasteiger partial charge in [0.2, 0.25) is 5.91 Å². The number of hydrogen-bond acceptors (Lipinski definition) is 2. The number of amides is 1. The Bertz CT molecular complexity index is 722. The number of carboxylic acid groups (broad SMARTS) is 1. The largest absolute Gasteiger partial charge is 0.478 e. The molecule has 0 radical (unpaired) electrons. The van der Waals surface area contributed by atoms with Gasteiger partial charge >= 0.3 is 5.97 Å². The number of carbonyl (C=O) groups is 2. The number of aromatic nitrogens is 1. The molecule has 2 N–H and O–H groups in total. The molecule has 2 aromatic rings. The summed E-state index contributed by atoms with van der Waals surface area (Å²) in [5.74, 6) is -1.33. The molecule has 5 nitrogen and oxygen atoms in total. The maximum atomic E-state index is 12.2. The van der Waals surface area contributed by atoms with E-state index in [-0.39, 0.29) is 17.9 Å². The first-order chi connectivity index (χ1) is 10.4. The van der Waals surface area contributed by atoms with E-state index in [0.29, 0.717) is 28.5 Å². The number of para-hydroxylation sites is 1. The molecule has 116 valence electrons. The summed E-state index contributed by atoms with van der Waals surface area (Å²) in [4.78, 5) is 23.6. The van der Waals surface area contributed by atoms with Gasteiger partial charge in [-0.2, -0.15) is 0 Å². The van der Waals surface area contributed by atoms with Crippen LogP contribution in [0.1, 0.15) is 28.5 Å². The van der Waals surface area contributed by atoms with Crippen LogP contribution in [0.5, 0.6) is 0 Å². The number of anilines is 1. The number of carboxylic acids is 1. The average Bonchev–Trinajstić information content (AvgIpc) is 2.77. The summed E-state index contributed by atoms with van der Waals surface area (Å²) in [6, 6.07) is 6.91. The highest BCUT2D eigenvalue weighted by Crippen LogP contribution is 2.22. The van der Waals surface area contributed by atoms with Crippen LogP contribution in [-0.2, 0) is 17.8 Å². The number of carbonyl (C=O) groups excluding carboxylic acids is 1.